The van der Waals surface area contributed by atoms with Crippen LogP contribution in [0, 0.1) is 5.82 Å². The van der Waals surface area contributed by atoms with Crippen LogP contribution in [0.4, 0.5) is 4.39 Å². The van der Waals surface area contributed by atoms with Crippen molar-refractivity contribution in [2.75, 3.05) is 0 Å². The summed E-state index contributed by atoms with van der Waals surface area (Å²) in [6.45, 7) is 0. The Labute approximate surface area is 152 Å². The molecule has 0 bridgehead atoms. The molecule has 7 heteroatoms. The van der Waals surface area contributed by atoms with E-state index >= 15 is 0 Å². The Hall–Kier alpha value is -3.32. The molecule has 3 aromatic rings. The number of thiophene rings is 1. The number of rotatable bonds is 5. The van der Waals surface area contributed by atoms with Gasteiger partial charge in [-0.05, 0) is 53.4 Å². The van der Waals surface area contributed by atoms with Crippen molar-refractivity contribution < 1.29 is 18.7 Å². The van der Waals surface area contributed by atoms with Crippen LogP contribution in [0.25, 0.3) is 0 Å². The molecule has 1 N–H and O–H groups in total. The van der Waals surface area contributed by atoms with Gasteiger partial charge in [-0.3, -0.25) is 4.79 Å². The molecular weight excluding hydrogens is 355 g/mol. The summed E-state index contributed by atoms with van der Waals surface area (Å²) in [4.78, 5) is 24.2. The van der Waals surface area contributed by atoms with Crippen molar-refractivity contribution in [3.05, 3.63) is 87.9 Å². The van der Waals surface area contributed by atoms with Gasteiger partial charge in [0.25, 0.3) is 5.91 Å². The van der Waals surface area contributed by atoms with Crippen LogP contribution in [0.15, 0.2) is 71.1 Å². The second-order valence-electron chi connectivity index (χ2n) is 5.11. The quantitative estimate of drug-likeness (QED) is 0.322. The van der Waals surface area contributed by atoms with E-state index in [-0.39, 0.29) is 5.56 Å². The highest BCUT2D eigenvalue weighted by atomic mass is 32.1. The van der Waals surface area contributed by atoms with Gasteiger partial charge in [-0.25, -0.2) is 14.6 Å². The molecule has 0 spiro atoms. The van der Waals surface area contributed by atoms with E-state index in [0.717, 1.165) is 0 Å². The first-order valence-electron chi connectivity index (χ1n) is 7.57. The summed E-state index contributed by atoms with van der Waals surface area (Å²) in [6, 6.07) is 15.7. The molecule has 0 aliphatic heterocycles. The van der Waals surface area contributed by atoms with Gasteiger partial charge in [-0.2, -0.15) is 5.10 Å². The fourth-order valence-corrected chi connectivity index (χ4v) is 2.64. The Morgan fingerprint density at radius 2 is 1.81 bits per heavy atom. The number of hydrogen-bond donors (Lipinski definition) is 1. The third-order valence-corrected chi connectivity index (χ3v) is 4.16. The number of benzene rings is 2. The molecule has 0 aliphatic rings. The van der Waals surface area contributed by atoms with Crippen LogP contribution in [0.3, 0.4) is 0 Å². The topological polar surface area (TPSA) is 67.8 Å². The summed E-state index contributed by atoms with van der Waals surface area (Å²) < 4.78 is 18.7. The molecule has 1 aromatic heterocycles. The molecule has 0 atom stereocenters. The Bertz CT molecular complexity index is 938. The molecule has 26 heavy (non-hydrogen) atoms. The van der Waals surface area contributed by atoms with E-state index in [4.69, 9.17) is 4.74 Å². The summed E-state index contributed by atoms with van der Waals surface area (Å²) in [5, 5.41) is 5.59. The highest BCUT2D eigenvalue weighted by molar-refractivity contribution is 7.12. The Morgan fingerprint density at radius 3 is 2.50 bits per heavy atom. The molecule has 0 fully saturated rings. The lowest BCUT2D eigenvalue weighted by Crippen LogP contribution is -2.18. The predicted molar refractivity (Wildman–Crippen MR) is 97.2 cm³/mol. The van der Waals surface area contributed by atoms with Crippen LogP contribution < -0.4 is 10.2 Å². The van der Waals surface area contributed by atoms with E-state index in [1.54, 1.807) is 47.8 Å². The van der Waals surface area contributed by atoms with E-state index < -0.39 is 17.7 Å². The molecule has 0 saturated carbocycles. The van der Waals surface area contributed by atoms with E-state index in [2.05, 4.69) is 10.5 Å². The SMILES string of the molecule is O=C(Oc1ccc(/C=N/NC(=O)c2ccccc2F)cc1)c1cccs1. The zero-order valence-electron chi connectivity index (χ0n) is 13.4. The largest absolute Gasteiger partial charge is 0.422 e. The first kappa shape index (κ1) is 17.5. The molecule has 0 saturated heterocycles. The van der Waals surface area contributed by atoms with Gasteiger partial charge in [0.1, 0.15) is 16.4 Å². The minimum Gasteiger partial charge on any atom is -0.422 e. The maximum absolute atomic E-state index is 13.5. The first-order chi connectivity index (χ1) is 12.6. The number of nitrogens with zero attached hydrogens (tertiary/aromatic N) is 1. The van der Waals surface area contributed by atoms with Crippen molar-refractivity contribution in [1.29, 1.82) is 0 Å². The number of nitrogens with one attached hydrogen (secondary N) is 1. The van der Waals surface area contributed by atoms with Crippen LogP contribution in [-0.4, -0.2) is 18.1 Å². The lowest BCUT2D eigenvalue weighted by atomic mass is 10.2. The van der Waals surface area contributed by atoms with Crippen molar-refractivity contribution in [3.8, 4) is 5.75 Å². The van der Waals surface area contributed by atoms with Crippen LogP contribution in [0.1, 0.15) is 25.6 Å². The maximum Gasteiger partial charge on any atom is 0.353 e. The Morgan fingerprint density at radius 1 is 1.04 bits per heavy atom. The second kappa shape index (κ2) is 8.17. The molecular formula is C19H13FN2O3S. The lowest BCUT2D eigenvalue weighted by Gasteiger charge is -2.03. The minimum absolute atomic E-state index is 0.0829. The van der Waals surface area contributed by atoms with Crippen molar-refractivity contribution in [2.24, 2.45) is 5.10 Å². The minimum atomic E-state index is -0.638. The summed E-state index contributed by atoms with van der Waals surface area (Å²) in [5.41, 5.74) is 2.85. The van der Waals surface area contributed by atoms with E-state index in [0.29, 0.717) is 16.2 Å². The lowest BCUT2D eigenvalue weighted by molar-refractivity contribution is 0.0739. The average Bonchev–Trinajstić information content (AvgIpc) is 3.18. The molecule has 0 unspecified atom stereocenters. The Balaban J connectivity index is 1.57. The number of ether oxygens (including phenoxy) is 1. The average molecular weight is 368 g/mol. The first-order valence-corrected chi connectivity index (χ1v) is 8.45. The predicted octanol–water partition coefficient (Wildman–Crippen LogP) is 3.87. The van der Waals surface area contributed by atoms with Crippen LogP contribution in [0.2, 0.25) is 0 Å². The maximum atomic E-state index is 13.5. The normalized spacial score (nSPS) is 10.7. The molecule has 1 heterocycles. The van der Waals surface area contributed by atoms with Crippen molar-refractivity contribution in [1.82, 2.24) is 5.43 Å². The molecule has 0 radical (unpaired) electrons. The summed E-state index contributed by atoms with van der Waals surface area (Å²) >= 11 is 1.30. The molecule has 0 aliphatic carbocycles. The fraction of sp³-hybridized carbons (Fsp3) is 0. The monoisotopic (exact) mass is 368 g/mol. The highest BCUT2D eigenvalue weighted by Gasteiger charge is 2.10. The van der Waals surface area contributed by atoms with Crippen molar-refractivity contribution in [2.45, 2.75) is 0 Å². The number of carbonyl (C=O) groups is 2. The van der Waals surface area contributed by atoms with Crippen molar-refractivity contribution in [3.63, 3.8) is 0 Å². The molecule has 3 rings (SSSR count). The van der Waals surface area contributed by atoms with Gasteiger partial charge in [0.2, 0.25) is 0 Å². The Kier molecular flexibility index (Phi) is 5.50. The smallest absolute Gasteiger partial charge is 0.353 e. The molecule has 2 aromatic carbocycles. The number of carbonyl (C=O) groups excluding carboxylic acids is 2. The van der Waals surface area contributed by atoms with E-state index in [1.807, 2.05) is 0 Å². The van der Waals surface area contributed by atoms with Gasteiger partial charge in [0, 0.05) is 0 Å². The number of esters is 1. The van der Waals surface area contributed by atoms with Crippen molar-refractivity contribution >= 4 is 29.4 Å². The van der Waals surface area contributed by atoms with Gasteiger partial charge in [-0.15, -0.1) is 11.3 Å². The van der Waals surface area contributed by atoms with E-state index in [1.165, 1.54) is 35.8 Å². The zero-order valence-corrected chi connectivity index (χ0v) is 14.2. The van der Waals surface area contributed by atoms with Gasteiger partial charge in [0.15, 0.2) is 0 Å². The third-order valence-electron chi connectivity index (χ3n) is 3.31. The molecule has 130 valence electrons. The summed E-state index contributed by atoms with van der Waals surface area (Å²) in [6.07, 6.45) is 1.41. The fourth-order valence-electron chi connectivity index (χ4n) is 2.04. The number of halogens is 1. The van der Waals surface area contributed by atoms with Crippen LogP contribution >= 0.6 is 11.3 Å². The second-order valence-corrected chi connectivity index (χ2v) is 6.06. The van der Waals surface area contributed by atoms with Gasteiger partial charge in [0.05, 0.1) is 11.8 Å². The standard InChI is InChI=1S/C19H13FN2O3S/c20-16-5-2-1-4-15(16)18(23)22-21-12-13-7-9-14(10-8-13)25-19(24)17-6-3-11-26-17/h1-12H,(H,22,23)/b21-12+. The highest BCUT2D eigenvalue weighted by Crippen LogP contribution is 2.16. The van der Waals surface area contributed by atoms with Gasteiger partial charge >= 0.3 is 5.97 Å². The number of amides is 1. The molecule has 5 nitrogen and oxygen atoms in total. The molecule has 1 amide bonds. The van der Waals surface area contributed by atoms with Crippen LogP contribution in [0.5, 0.6) is 5.75 Å². The summed E-state index contributed by atoms with van der Waals surface area (Å²) in [5.74, 6) is -1.27. The van der Waals surface area contributed by atoms with Crippen LogP contribution in [-0.2, 0) is 0 Å². The van der Waals surface area contributed by atoms with Gasteiger partial charge in [-0.1, -0.05) is 18.2 Å². The number of hydrogen-bond acceptors (Lipinski definition) is 5. The number of hydrazone groups is 1. The van der Waals surface area contributed by atoms with Gasteiger partial charge < -0.3 is 4.74 Å². The zero-order chi connectivity index (χ0) is 18.4. The summed E-state index contributed by atoms with van der Waals surface area (Å²) in [7, 11) is 0. The van der Waals surface area contributed by atoms with E-state index in [9.17, 15) is 14.0 Å². The third kappa shape index (κ3) is 4.40.